The second kappa shape index (κ2) is 12.2. The molecule has 1 aromatic carbocycles. The van der Waals surface area contributed by atoms with E-state index in [1.54, 1.807) is 14.7 Å². The number of carbonyl (C=O) groups excluding carboxylic acids is 3. The van der Waals surface area contributed by atoms with Crippen LogP contribution >= 0.6 is 0 Å². The molecule has 0 bridgehead atoms. The van der Waals surface area contributed by atoms with E-state index in [4.69, 9.17) is 9.47 Å². The van der Waals surface area contributed by atoms with Gasteiger partial charge >= 0.3 is 0 Å². The summed E-state index contributed by atoms with van der Waals surface area (Å²) in [6.07, 6.45) is 11.4. The molecule has 4 aliphatic heterocycles. The van der Waals surface area contributed by atoms with Crippen molar-refractivity contribution in [3.63, 3.8) is 0 Å². The lowest BCUT2D eigenvalue weighted by molar-refractivity contribution is -0.153. The van der Waals surface area contributed by atoms with E-state index in [1.807, 2.05) is 76.3 Å². The van der Waals surface area contributed by atoms with Crippen molar-refractivity contribution in [3.05, 3.63) is 48.6 Å². The molecular formula is C33H45N3O6. The number of ether oxygens (including phenoxy) is 2. The van der Waals surface area contributed by atoms with Gasteiger partial charge in [-0.1, -0.05) is 44.1 Å². The van der Waals surface area contributed by atoms with Crippen molar-refractivity contribution in [1.29, 1.82) is 0 Å². The second-order valence-corrected chi connectivity index (χ2v) is 12.1. The minimum Gasteiger partial charge on any atom is -0.494 e. The fraction of sp³-hybridized carbons (Fsp3) is 0.606. The van der Waals surface area contributed by atoms with Crippen LogP contribution in [0, 0.1) is 11.8 Å². The average Bonchev–Trinajstić information content (AvgIpc) is 3.25. The van der Waals surface area contributed by atoms with Gasteiger partial charge in [-0.3, -0.25) is 14.4 Å². The summed E-state index contributed by atoms with van der Waals surface area (Å²) >= 11 is 0. The number of nitrogens with zero attached hydrogens (tertiary/aromatic N) is 3. The number of likely N-dealkylation sites (tertiary alicyclic amines) is 1. The zero-order valence-corrected chi connectivity index (χ0v) is 25.3. The summed E-state index contributed by atoms with van der Waals surface area (Å²) in [5.74, 6) is -1.39. The molecule has 9 heteroatoms. The van der Waals surface area contributed by atoms with Crippen molar-refractivity contribution in [2.24, 2.45) is 11.8 Å². The highest BCUT2D eigenvalue weighted by Crippen LogP contribution is 2.58. The Labute approximate surface area is 249 Å². The number of anilines is 1. The zero-order chi connectivity index (χ0) is 30.1. The quantitative estimate of drug-likeness (QED) is 0.317. The van der Waals surface area contributed by atoms with Gasteiger partial charge in [-0.05, 0) is 64.3 Å². The van der Waals surface area contributed by atoms with Gasteiger partial charge in [0.2, 0.25) is 17.7 Å². The fourth-order valence-corrected chi connectivity index (χ4v) is 7.35. The molecule has 0 aromatic heterocycles. The van der Waals surface area contributed by atoms with Crippen LogP contribution in [0.4, 0.5) is 5.69 Å². The highest BCUT2D eigenvalue weighted by Gasteiger charge is 2.75. The van der Waals surface area contributed by atoms with Gasteiger partial charge in [-0.15, -0.1) is 0 Å². The Morgan fingerprint density at radius 3 is 2.31 bits per heavy atom. The van der Waals surface area contributed by atoms with Gasteiger partial charge in [0.05, 0.1) is 24.0 Å². The molecule has 0 radical (unpaired) electrons. The monoisotopic (exact) mass is 579 g/mol. The summed E-state index contributed by atoms with van der Waals surface area (Å²) in [5.41, 5.74) is -1.53. The van der Waals surface area contributed by atoms with Crippen molar-refractivity contribution < 1.29 is 29.0 Å². The van der Waals surface area contributed by atoms with Crippen LogP contribution in [0.15, 0.2) is 48.6 Å². The summed E-state index contributed by atoms with van der Waals surface area (Å²) < 4.78 is 12.6. The molecule has 5 atom stereocenters. The lowest BCUT2D eigenvalue weighted by Gasteiger charge is -2.39. The Balaban J connectivity index is 1.56. The molecule has 2 fully saturated rings. The molecule has 5 rings (SSSR count). The van der Waals surface area contributed by atoms with E-state index in [0.29, 0.717) is 45.5 Å². The van der Waals surface area contributed by atoms with Crippen molar-refractivity contribution in [2.75, 3.05) is 37.7 Å². The third-order valence-corrected chi connectivity index (χ3v) is 9.36. The molecule has 1 spiro atoms. The number of hydrogen-bond acceptors (Lipinski definition) is 6. The smallest absolute Gasteiger partial charge is 0.249 e. The number of aliphatic hydroxyl groups is 1. The van der Waals surface area contributed by atoms with Gasteiger partial charge in [-0.2, -0.15) is 0 Å². The van der Waals surface area contributed by atoms with Crippen molar-refractivity contribution >= 4 is 23.4 Å². The standard InChI is InChI=1S/C33H45N3O6/c1-5-32-17-11-21-35(24-13-15-25(16-14-24)41-6-2)29(38)26(32)27-30(39)36(19-9-7-8-10-22-37)28-31(40)34(23(3)4)20-12-18-33(27,28)42-32/h11-18,23,26-28,37H,5-10,19-22H2,1-4H3/t26-,27+,28?,32+,33+/m1/s1. The molecule has 1 N–H and O–H groups in total. The molecule has 228 valence electrons. The molecule has 3 amide bonds. The number of unbranched alkanes of at least 4 members (excludes halogenated alkanes) is 3. The van der Waals surface area contributed by atoms with Crippen LogP contribution in [0.3, 0.4) is 0 Å². The van der Waals surface area contributed by atoms with Crippen LogP contribution in [0.1, 0.15) is 59.8 Å². The van der Waals surface area contributed by atoms with Crippen LogP contribution in [0.25, 0.3) is 0 Å². The Hall–Kier alpha value is -3.17. The molecular weight excluding hydrogens is 534 g/mol. The SMILES string of the molecule is CCOc1ccc(N2CC=C[C@]3(CC)O[C@]45C=CCN(C(C)C)C(=O)C4N(CCCCCCO)C(=O)[C@@H]5[C@@H]3C2=O)cc1. The largest absolute Gasteiger partial charge is 0.494 e. The van der Waals surface area contributed by atoms with Crippen molar-refractivity contribution in [1.82, 2.24) is 9.80 Å². The number of carbonyl (C=O) groups is 3. The molecule has 1 aromatic rings. The second-order valence-electron chi connectivity index (χ2n) is 12.1. The van der Waals surface area contributed by atoms with Crippen molar-refractivity contribution in [3.8, 4) is 5.75 Å². The Morgan fingerprint density at radius 1 is 0.929 bits per heavy atom. The highest BCUT2D eigenvalue weighted by atomic mass is 16.5. The molecule has 4 aliphatic rings. The predicted molar refractivity (Wildman–Crippen MR) is 160 cm³/mol. The fourth-order valence-electron chi connectivity index (χ4n) is 7.35. The third-order valence-electron chi connectivity index (χ3n) is 9.36. The predicted octanol–water partition coefficient (Wildman–Crippen LogP) is 3.71. The molecule has 1 unspecified atom stereocenters. The first kappa shape index (κ1) is 30.3. The number of rotatable bonds is 11. The summed E-state index contributed by atoms with van der Waals surface area (Å²) in [7, 11) is 0. The van der Waals surface area contributed by atoms with Gasteiger partial charge < -0.3 is 29.3 Å². The molecule has 4 heterocycles. The lowest BCUT2D eigenvalue weighted by atomic mass is 9.73. The summed E-state index contributed by atoms with van der Waals surface area (Å²) in [6, 6.07) is 6.54. The van der Waals surface area contributed by atoms with Gasteiger partial charge in [0, 0.05) is 38.0 Å². The minimum absolute atomic E-state index is 0.0541. The van der Waals surface area contributed by atoms with Gasteiger partial charge in [-0.25, -0.2) is 0 Å². The number of amides is 3. The van der Waals surface area contributed by atoms with Crippen molar-refractivity contribution in [2.45, 2.75) is 83.1 Å². The molecule has 0 aliphatic carbocycles. The molecule has 2 saturated heterocycles. The topological polar surface area (TPSA) is 99.6 Å². The summed E-state index contributed by atoms with van der Waals surface area (Å²) in [4.78, 5) is 48.6. The van der Waals surface area contributed by atoms with Gasteiger partial charge in [0.15, 0.2) is 0 Å². The van der Waals surface area contributed by atoms with E-state index in [0.717, 1.165) is 24.3 Å². The van der Waals surface area contributed by atoms with E-state index in [1.165, 1.54) is 0 Å². The maximum absolute atomic E-state index is 14.6. The van der Waals surface area contributed by atoms with E-state index < -0.39 is 29.1 Å². The molecule has 0 saturated carbocycles. The average molecular weight is 580 g/mol. The first-order valence-electron chi connectivity index (χ1n) is 15.6. The summed E-state index contributed by atoms with van der Waals surface area (Å²) in [6.45, 7) is 9.74. The van der Waals surface area contributed by atoms with E-state index in [-0.39, 0.29) is 30.4 Å². The van der Waals surface area contributed by atoms with Crippen LogP contribution in [0.2, 0.25) is 0 Å². The highest BCUT2D eigenvalue weighted by molar-refractivity contribution is 6.04. The zero-order valence-electron chi connectivity index (χ0n) is 25.3. The number of aliphatic hydroxyl groups excluding tert-OH is 1. The number of benzene rings is 1. The van der Waals surface area contributed by atoms with Gasteiger partial charge in [0.1, 0.15) is 17.4 Å². The first-order valence-corrected chi connectivity index (χ1v) is 15.6. The number of hydrogen-bond donors (Lipinski definition) is 1. The molecule has 42 heavy (non-hydrogen) atoms. The lowest BCUT2D eigenvalue weighted by Crippen LogP contribution is -2.57. The van der Waals surface area contributed by atoms with Crippen LogP contribution in [-0.4, -0.2) is 88.8 Å². The van der Waals surface area contributed by atoms with Crippen LogP contribution < -0.4 is 9.64 Å². The van der Waals surface area contributed by atoms with E-state index in [2.05, 4.69) is 0 Å². The Kier molecular flexibility index (Phi) is 8.81. The summed E-state index contributed by atoms with van der Waals surface area (Å²) in [5, 5.41) is 9.19. The normalized spacial score (nSPS) is 30.5. The maximum atomic E-state index is 14.6. The van der Waals surface area contributed by atoms with E-state index >= 15 is 0 Å². The maximum Gasteiger partial charge on any atom is 0.249 e. The third kappa shape index (κ3) is 4.94. The molecule has 9 nitrogen and oxygen atoms in total. The van der Waals surface area contributed by atoms with Crippen LogP contribution in [0.5, 0.6) is 5.75 Å². The van der Waals surface area contributed by atoms with Gasteiger partial charge in [0.25, 0.3) is 0 Å². The Morgan fingerprint density at radius 2 is 1.64 bits per heavy atom. The minimum atomic E-state index is -1.24. The van der Waals surface area contributed by atoms with E-state index in [9.17, 15) is 19.5 Å². The number of fused-ring (bicyclic) bond motifs is 2. The Bertz CT molecular complexity index is 1230. The first-order chi connectivity index (χ1) is 20.2. The van der Waals surface area contributed by atoms with Crippen LogP contribution in [-0.2, 0) is 19.1 Å².